The molecule has 3 aromatic heterocycles. The van der Waals surface area contributed by atoms with Crippen LogP contribution in [0.2, 0.25) is 5.15 Å². The number of pyridine rings is 1. The number of H-pyrrole nitrogens is 1. The molecule has 15 heteroatoms. The number of nitrogens with zero attached hydrogens (tertiary/aromatic N) is 5. The van der Waals surface area contributed by atoms with Crippen molar-refractivity contribution < 1.29 is 13.2 Å². The third-order valence-electron chi connectivity index (χ3n) is 3.66. The lowest BCUT2D eigenvalue weighted by molar-refractivity contribution is -0.114. The van der Waals surface area contributed by atoms with Crippen LogP contribution in [0.4, 0.5) is 16.8 Å². The minimum Gasteiger partial charge on any atom is -0.352 e. The molecule has 0 bridgehead atoms. The molecule has 160 valence electrons. The van der Waals surface area contributed by atoms with Gasteiger partial charge in [0.25, 0.3) is 5.95 Å². The fourth-order valence-corrected chi connectivity index (χ4v) is 4.75. The average molecular weight is 472 g/mol. The van der Waals surface area contributed by atoms with Crippen LogP contribution >= 0.6 is 22.9 Å². The molecule has 3 heterocycles. The van der Waals surface area contributed by atoms with E-state index in [2.05, 4.69) is 45.9 Å². The summed E-state index contributed by atoms with van der Waals surface area (Å²) in [5, 5.41) is 19.1. The summed E-state index contributed by atoms with van der Waals surface area (Å²) in [5.74, 6) is -0.0873. The number of nitrogens with one attached hydrogen (secondary N) is 4. The molecular weight excluding hydrogens is 454 g/mol. The number of carbonyl (C=O) groups excluding carboxylic acids is 1. The van der Waals surface area contributed by atoms with Crippen LogP contribution in [0.5, 0.6) is 0 Å². The van der Waals surface area contributed by atoms with Crippen molar-refractivity contribution in [1.29, 1.82) is 0 Å². The van der Waals surface area contributed by atoms with Crippen LogP contribution in [-0.4, -0.2) is 57.2 Å². The van der Waals surface area contributed by atoms with Crippen molar-refractivity contribution in [1.82, 2.24) is 30.6 Å². The Morgan fingerprint density at radius 3 is 2.87 bits per heavy atom. The Balaban J connectivity index is 1.68. The van der Waals surface area contributed by atoms with Crippen LogP contribution < -0.4 is 15.4 Å². The van der Waals surface area contributed by atoms with Crippen LogP contribution in [0, 0.1) is 6.92 Å². The van der Waals surface area contributed by atoms with E-state index in [9.17, 15) is 13.2 Å². The zero-order chi connectivity index (χ0) is 21.7. The van der Waals surface area contributed by atoms with E-state index in [1.807, 2.05) is 0 Å². The number of aryl methyl sites for hydroxylation is 1. The Kier molecular flexibility index (Phi) is 6.79. The Morgan fingerprint density at radius 2 is 2.17 bits per heavy atom. The molecule has 3 aromatic rings. The predicted molar refractivity (Wildman–Crippen MR) is 114 cm³/mol. The van der Waals surface area contributed by atoms with Crippen molar-refractivity contribution in [3.05, 3.63) is 23.1 Å². The van der Waals surface area contributed by atoms with Crippen molar-refractivity contribution in [2.45, 2.75) is 20.3 Å². The Labute approximate surface area is 180 Å². The number of rotatable bonds is 9. The van der Waals surface area contributed by atoms with Gasteiger partial charge in [-0.15, -0.1) is 5.10 Å². The smallest absolute Gasteiger partial charge is 0.263 e. The lowest BCUT2D eigenvalue weighted by Gasteiger charge is -2.10. The number of sulfonamides is 1. The third kappa shape index (κ3) is 5.84. The fourth-order valence-electron chi connectivity index (χ4n) is 2.43. The number of anilines is 3. The molecule has 0 aliphatic rings. The van der Waals surface area contributed by atoms with E-state index in [0.717, 1.165) is 4.88 Å². The highest BCUT2D eigenvalue weighted by atomic mass is 35.5. The molecular formula is C15H18ClN9O3S2. The van der Waals surface area contributed by atoms with Crippen molar-refractivity contribution >= 4 is 55.6 Å². The highest BCUT2D eigenvalue weighted by Crippen LogP contribution is 2.35. The monoisotopic (exact) mass is 471 g/mol. The second kappa shape index (κ2) is 9.32. The molecule has 0 saturated carbocycles. The second-order valence-corrected chi connectivity index (χ2v) is 9.31. The maximum Gasteiger partial charge on any atom is 0.263 e. The first kappa shape index (κ1) is 21.9. The summed E-state index contributed by atoms with van der Waals surface area (Å²) in [7, 11) is -3.67. The van der Waals surface area contributed by atoms with E-state index in [0.29, 0.717) is 35.3 Å². The van der Waals surface area contributed by atoms with Gasteiger partial charge in [-0.2, -0.15) is 5.21 Å². The Morgan fingerprint density at radius 1 is 1.37 bits per heavy atom. The molecule has 0 fully saturated rings. The summed E-state index contributed by atoms with van der Waals surface area (Å²) < 4.78 is 27.3. The molecule has 0 atom stereocenters. The van der Waals surface area contributed by atoms with E-state index in [-0.39, 0.29) is 22.5 Å². The molecule has 0 aromatic carbocycles. The number of amides is 1. The third-order valence-corrected chi connectivity index (χ3v) is 6.44. The average Bonchev–Trinajstić information content (AvgIpc) is 3.30. The first-order valence-electron chi connectivity index (χ1n) is 8.62. The fraction of sp³-hybridized carbons (Fsp3) is 0.333. The highest BCUT2D eigenvalue weighted by Gasteiger charge is 2.17. The molecule has 30 heavy (non-hydrogen) atoms. The predicted octanol–water partition coefficient (Wildman–Crippen LogP) is 1.88. The Hall–Kier alpha value is -2.84. The molecule has 12 nitrogen and oxygen atoms in total. The Bertz CT molecular complexity index is 1130. The molecule has 0 saturated heterocycles. The maximum atomic E-state index is 12.4. The van der Waals surface area contributed by atoms with E-state index in [4.69, 9.17) is 11.6 Å². The van der Waals surface area contributed by atoms with Crippen LogP contribution in [0.25, 0.3) is 10.4 Å². The molecule has 3 rings (SSSR count). The molecule has 0 aliphatic heterocycles. The van der Waals surface area contributed by atoms with Crippen molar-refractivity contribution in [3.8, 4) is 10.4 Å². The van der Waals surface area contributed by atoms with Gasteiger partial charge in [-0.25, -0.2) is 18.4 Å². The normalized spacial score (nSPS) is 11.3. The number of hydrogen-bond donors (Lipinski definition) is 4. The van der Waals surface area contributed by atoms with Gasteiger partial charge in [-0.3, -0.25) is 9.52 Å². The number of aromatic amines is 1. The minimum absolute atomic E-state index is 0.0245. The first-order valence-corrected chi connectivity index (χ1v) is 11.5. The van der Waals surface area contributed by atoms with Gasteiger partial charge in [-0.1, -0.05) is 28.0 Å². The first-order chi connectivity index (χ1) is 14.2. The summed E-state index contributed by atoms with van der Waals surface area (Å²) >= 11 is 7.34. The molecule has 1 amide bonds. The summed E-state index contributed by atoms with van der Waals surface area (Å²) in [6, 6.07) is 1.59. The standard InChI is InChI=1S/C15H18ClN9O3S2/c1-8-12(29-15(19-8)20-9(2)26)10-6-11(13(16)18-7-10)23-30(27,28)5-3-4-17-14-21-24-25-22-14/h6-7,23H,3-5H2,1-2H3,(H,19,20,26)(H2,17,21,22,24,25). The molecule has 0 aliphatic carbocycles. The molecule has 4 N–H and O–H groups in total. The lowest BCUT2D eigenvalue weighted by Crippen LogP contribution is -2.19. The number of tetrazole rings is 1. The summed E-state index contributed by atoms with van der Waals surface area (Å²) in [6.07, 6.45) is 1.83. The van der Waals surface area contributed by atoms with Crippen LogP contribution in [-0.2, 0) is 14.8 Å². The van der Waals surface area contributed by atoms with Crippen LogP contribution in [0.15, 0.2) is 12.3 Å². The van der Waals surface area contributed by atoms with Gasteiger partial charge < -0.3 is 10.6 Å². The zero-order valence-corrected chi connectivity index (χ0v) is 18.3. The largest absolute Gasteiger partial charge is 0.352 e. The SMILES string of the molecule is CC(=O)Nc1nc(C)c(-c2cnc(Cl)c(NS(=O)(=O)CCCNc3nn[nH]n3)c2)s1. The van der Waals surface area contributed by atoms with E-state index >= 15 is 0 Å². The zero-order valence-electron chi connectivity index (χ0n) is 15.9. The number of hydrogen-bond acceptors (Lipinski definition) is 10. The van der Waals surface area contributed by atoms with Gasteiger partial charge >= 0.3 is 0 Å². The summed E-state index contributed by atoms with van der Waals surface area (Å²) in [5.41, 5.74) is 1.46. The topological polar surface area (TPSA) is 168 Å². The lowest BCUT2D eigenvalue weighted by atomic mass is 10.2. The van der Waals surface area contributed by atoms with Gasteiger partial charge in [0.05, 0.1) is 22.0 Å². The van der Waals surface area contributed by atoms with Gasteiger partial charge in [0.15, 0.2) is 10.3 Å². The molecule has 0 spiro atoms. The van der Waals surface area contributed by atoms with E-state index in [1.54, 1.807) is 13.0 Å². The van der Waals surface area contributed by atoms with Crippen molar-refractivity contribution in [2.75, 3.05) is 27.7 Å². The van der Waals surface area contributed by atoms with Crippen LogP contribution in [0.1, 0.15) is 19.0 Å². The maximum absolute atomic E-state index is 12.4. The molecule has 0 radical (unpaired) electrons. The van der Waals surface area contributed by atoms with Crippen molar-refractivity contribution in [3.63, 3.8) is 0 Å². The van der Waals surface area contributed by atoms with E-state index < -0.39 is 10.0 Å². The van der Waals surface area contributed by atoms with Crippen LogP contribution in [0.3, 0.4) is 0 Å². The number of aromatic nitrogens is 6. The highest BCUT2D eigenvalue weighted by molar-refractivity contribution is 7.92. The number of carbonyl (C=O) groups is 1. The van der Waals surface area contributed by atoms with Gasteiger partial charge in [-0.05, 0) is 24.6 Å². The number of halogens is 1. The second-order valence-electron chi connectivity index (χ2n) is 6.11. The van der Waals surface area contributed by atoms with Gasteiger partial charge in [0.1, 0.15) is 0 Å². The summed E-state index contributed by atoms with van der Waals surface area (Å²) in [4.78, 5) is 20.3. The molecule has 0 unspecified atom stereocenters. The van der Waals surface area contributed by atoms with E-state index in [1.165, 1.54) is 24.5 Å². The summed E-state index contributed by atoms with van der Waals surface area (Å²) in [6.45, 7) is 3.52. The minimum atomic E-state index is -3.67. The van der Waals surface area contributed by atoms with Gasteiger partial charge in [0.2, 0.25) is 15.9 Å². The van der Waals surface area contributed by atoms with Gasteiger partial charge in [0, 0.05) is 25.2 Å². The number of thiazole rings is 1. The van der Waals surface area contributed by atoms with Crippen molar-refractivity contribution in [2.24, 2.45) is 0 Å². The quantitative estimate of drug-likeness (QED) is 0.269.